The van der Waals surface area contributed by atoms with Crippen LogP contribution in [0, 0.1) is 0 Å². The third kappa shape index (κ3) is 1.97. The summed E-state index contributed by atoms with van der Waals surface area (Å²) >= 11 is 0. The highest BCUT2D eigenvalue weighted by Crippen LogP contribution is 2.40. The predicted molar refractivity (Wildman–Crippen MR) is 78.5 cm³/mol. The zero-order valence-corrected chi connectivity index (χ0v) is 12.0. The maximum atomic E-state index is 11.5. The van der Waals surface area contributed by atoms with E-state index < -0.39 is 0 Å². The third-order valence-corrected chi connectivity index (χ3v) is 5.12. The number of nitrogens with two attached hydrogens (primary N) is 1. The molecule has 3 atom stereocenters. The monoisotopic (exact) mass is 288 g/mol. The van der Waals surface area contributed by atoms with E-state index in [2.05, 4.69) is 15.0 Å². The van der Waals surface area contributed by atoms with Crippen molar-refractivity contribution in [1.29, 1.82) is 0 Å². The lowest BCUT2D eigenvalue weighted by Crippen LogP contribution is -2.61. The molecule has 4 aliphatic heterocycles. The number of carbonyl (C=O) groups excluding carboxylic acids is 1. The Hall–Kier alpha value is -1.82. The summed E-state index contributed by atoms with van der Waals surface area (Å²) in [5.74, 6) is -0.334. The number of rotatable bonds is 1. The van der Waals surface area contributed by atoms with Crippen LogP contribution >= 0.6 is 0 Å². The summed E-state index contributed by atoms with van der Waals surface area (Å²) in [6.07, 6.45) is 8.76. The number of oxime groups is 1. The van der Waals surface area contributed by atoms with E-state index in [0.717, 1.165) is 38.9 Å². The smallest absolute Gasteiger partial charge is 0.246 e. The maximum Gasteiger partial charge on any atom is 0.246 e. The molecular weight excluding hydrogens is 268 g/mol. The van der Waals surface area contributed by atoms with E-state index in [1.165, 1.54) is 5.70 Å². The zero-order chi connectivity index (χ0) is 14.4. The number of allylic oxidation sites excluding steroid dienone is 2. The molecule has 4 rings (SSSR count). The number of fused-ring (bicyclic) bond motifs is 5. The molecule has 2 unspecified atom stereocenters. The van der Waals surface area contributed by atoms with Crippen LogP contribution in [0.4, 0.5) is 0 Å². The molecule has 0 aromatic heterocycles. The Balaban J connectivity index is 1.70. The van der Waals surface area contributed by atoms with Crippen LogP contribution < -0.4 is 5.73 Å². The molecule has 0 aromatic carbocycles. The maximum absolute atomic E-state index is 11.5. The molecule has 4 aliphatic rings. The van der Waals surface area contributed by atoms with Gasteiger partial charge in [0, 0.05) is 43.5 Å². The standard InChI is InChI=1S/C15H20N4O2/c16-14(20)11-2-3-12-9-18-7-1-4-15(5-6-17-21-15)13(10-18)19(12)8-11/h2-3,6,13H,1,4-5,7-10H2,(H2,16,20)/t13?,15-/m1/s1. The van der Waals surface area contributed by atoms with Gasteiger partial charge in [0.25, 0.3) is 0 Å². The summed E-state index contributed by atoms with van der Waals surface area (Å²) in [6, 6.07) is 0.227. The molecule has 1 spiro atoms. The summed E-state index contributed by atoms with van der Waals surface area (Å²) in [5.41, 5.74) is 7.15. The van der Waals surface area contributed by atoms with Crippen LogP contribution in [-0.4, -0.2) is 59.7 Å². The molecule has 0 aliphatic carbocycles. The van der Waals surface area contributed by atoms with E-state index >= 15 is 0 Å². The molecule has 2 N–H and O–H groups in total. The fourth-order valence-corrected chi connectivity index (χ4v) is 3.99. The highest BCUT2D eigenvalue weighted by molar-refractivity contribution is 5.93. The van der Waals surface area contributed by atoms with Crippen molar-refractivity contribution in [3.8, 4) is 0 Å². The van der Waals surface area contributed by atoms with E-state index in [4.69, 9.17) is 10.6 Å². The van der Waals surface area contributed by atoms with Gasteiger partial charge in [0.1, 0.15) is 0 Å². The molecule has 6 nitrogen and oxygen atoms in total. The van der Waals surface area contributed by atoms with E-state index in [1.54, 1.807) is 0 Å². The van der Waals surface area contributed by atoms with Crippen molar-refractivity contribution < 1.29 is 9.63 Å². The number of amides is 1. The Bertz CT molecular complexity index is 558. The lowest BCUT2D eigenvalue weighted by molar-refractivity contribution is -0.115. The van der Waals surface area contributed by atoms with Crippen molar-refractivity contribution in [1.82, 2.24) is 9.80 Å². The third-order valence-electron chi connectivity index (χ3n) is 5.12. The average Bonchev–Trinajstić information content (AvgIpc) is 2.90. The van der Waals surface area contributed by atoms with Gasteiger partial charge in [-0.25, -0.2) is 0 Å². The van der Waals surface area contributed by atoms with E-state index in [0.29, 0.717) is 12.1 Å². The highest BCUT2D eigenvalue weighted by atomic mass is 16.7. The number of hydrogen-bond donors (Lipinski definition) is 1. The first kappa shape index (κ1) is 12.9. The SMILES string of the molecule is NC(=O)C1=CC=C2CN3CCC[C@@]4(CC=NO4)C(C3)N2C1. The summed E-state index contributed by atoms with van der Waals surface area (Å²) in [7, 11) is 0. The molecule has 2 saturated heterocycles. The first-order chi connectivity index (χ1) is 10.2. The van der Waals surface area contributed by atoms with E-state index in [-0.39, 0.29) is 17.6 Å². The fourth-order valence-electron chi connectivity index (χ4n) is 3.99. The molecule has 21 heavy (non-hydrogen) atoms. The molecule has 1 amide bonds. The van der Waals surface area contributed by atoms with Crippen LogP contribution in [0.2, 0.25) is 0 Å². The van der Waals surface area contributed by atoms with Crippen LogP contribution in [-0.2, 0) is 9.63 Å². The van der Waals surface area contributed by atoms with Gasteiger partial charge in [0.05, 0.1) is 6.04 Å². The minimum atomic E-state index is -0.334. The zero-order valence-electron chi connectivity index (χ0n) is 12.0. The van der Waals surface area contributed by atoms with Gasteiger partial charge in [-0.2, -0.15) is 0 Å². The molecule has 0 radical (unpaired) electrons. The number of nitrogens with zero attached hydrogens (tertiary/aromatic N) is 3. The Labute approximate surface area is 123 Å². The topological polar surface area (TPSA) is 71.2 Å². The van der Waals surface area contributed by atoms with Crippen molar-refractivity contribution in [2.24, 2.45) is 10.9 Å². The van der Waals surface area contributed by atoms with Gasteiger partial charge in [-0.1, -0.05) is 5.16 Å². The lowest BCUT2D eigenvalue weighted by atomic mass is 9.84. The van der Waals surface area contributed by atoms with E-state index in [1.807, 2.05) is 18.4 Å². The van der Waals surface area contributed by atoms with Gasteiger partial charge in [0.2, 0.25) is 5.91 Å². The second kappa shape index (κ2) is 4.59. The van der Waals surface area contributed by atoms with Crippen LogP contribution in [0.25, 0.3) is 0 Å². The molecule has 0 aromatic rings. The Kier molecular flexibility index (Phi) is 2.82. The van der Waals surface area contributed by atoms with Gasteiger partial charge in [-0.05, 0) is 31.5 Å². The van der Waals surface area contributed by atoms with Gasteiger partial charge in [-0.3, -0.25) is 9.69 Å². The molecule has 6 heteroatoms. The van der Waals surface area contributed by atoms with Crippen molar-refractivity contribution in [2.45, 2.75) is 30.9 Å². The summed E-state index contributed by atoms with van der Waals surface area (Å²) in [4.78, 5) is 22.1. The number of piperazine rings is 1. The van der Waals surface area contributed by atoms with Gasteiger partial charge in [-0.15, -0.1) is 0 Å². The molecule has 112 valence electrons. The van der Waals surface area contributed by atoms with Gasteiger partial charge < -0.3 is 15.5 Å². The molecule has 2 fully saturated rings. The molecular formula is C15H20N4O2. The first-order valence-electron chi connectivity index (χ1n) is 7.56. The molecule has 0 saturated carbocycles. The summed E-state index contributed by atoms with van der Waals surface area (Å²) in [6.45, 7) is 3.59. The van der Waals surface area contributed by atoms with Crippen molar-refractivity contribution in [2.75, 3.05) is 26.2 Å². The Morgan fingerprint density at radius 1 is 1.43 bits per heavy atom. The van der Waals surface area contributed by atoms with Crippen molar-refractivity contribution in [3.05, 3.63) is 23.4 Å². The predicted octanol–water partition coefficient (Wildman–Crippen LogP) is 0.220. The second-order valence-electron chi connectivity index (χ2n) is 6.34. The molecule has 4 heterocycles. The largest absolute Gasteiger partial charge is 0.387 e. The first-order valence-corrected chi connectivity index (χ1v) is 7.56. The lowest BCUT2D eigenvalue weighted by Gasteiger charge is -2.49. The summed E-state index contributed by atoms with van der Waals surface area (Å²) < 4.78 is 0. The fraction of sp³-hybridized carbons (Fsp3) is 0.600. The minimum absolute atomic E-state index is 0.227. The minimum Gasteiger partial charge on any atom is -0.387 e. The van der Waals surface area contributed by atoms with Gasteiger partial charge in [0.15, 0.2) is 5.60 Å². The Morgan fingerprint density at radius 2 is 2.33 bits per heavy atom. The number of hydrogen-bond acceptors (Lipinski definition) is 5. The van der Waals surface area contributed by atoms with Crippen LogP contribution in [0.5, 0.6) is 0 Å². The van der Waals surface area contributed by atoms with Crippen LogP contribution in [0.15, 0.2) is 28.6 Å². The number of carbonyl (C=O) groups is 1. The normalized spacial score (nSPS) is 37.4. The van der Waals surface area contributed by atoms with Gasteiger partial charge >= 0.3 is 0 Å². The molecule has 2 bridgehead atoms. The average molecular weight is 288 g/mol. The summed E-state index contributed by atoms with van der Waals surface area (Å²) in [5, 5.41) is 4.05. The van der Waals surface area contributed by atoms with Crippen LogP contribution in [0.3, 0.4) is 0 Å². The van der Waals surface area contributed by atoms with E-state index in [9.17, 15) is 4.79 Å². The Morgan fingerprint density at radius 3 is 3.10 bits per heavy atom. The van der Waals surface area contributed by atoms with Crippen LogP contribution in [0.1, 0.15) is 19.3 Å². The quantitative estimate of drug-likeness (QED) is 0.749. The highest BCUT2D eigenvalue weighted by Gasteiger charge is 2.51. The van der Waals surface area contributed by atoms with Crippen molar-refractivity contribution >= 4 is 12.1 Å². The second-order valence-corrected chi connectivity index (χ2v) is 6.34. The van der Waals surface area contributed by atoms with Crippen molar-refractivity contribution in [3.63, 3.8) is 0 Å². The number of primary amides is 1.